The molecule has 2 atom stereocenters. The normalized spacial score (nSPS) is 15.9. The number of benzene rings is 3. The molecule has 0 aliphatic carbocycles. The first-order valence-corrected chi connectivity index (χ1v) is 13.0. The topological polar surface area (TPSA) is 71.0 Å². The Morgan fingerprint density at radius 1 is 1.05 bits per heavy atom. The number of halogens is 2. The van der Waals surface area contributed by atoms with Crippen LogP contribution in [0.5, 0.6) is 5.75 Å². The van der Waals surface area contributed by atoms with Crippen LogP contribution < -0.4 is 15.0 Å². The van der Waals surface area contributed by atoms with Crippen molar-refractivity contribution in [2.24, 2.45) is 10.9 Å². The van der Waals surface area contributed by atoms with E-state index in [-0.39, 0.29) is 24.3 Å². The van der Waals surface area contributed by atoms with Gasteiger partial charge in [0, 0.05) is 26.9 Å². The van der Waals surface area contributed by atoms with Gasteiger partial charge in [0.2, 0.25) is 5.91 Å². The summed E-state index contributed by atoms with van der Waals surface area (Å²) in [4.78, 5) is 33.5. The predicted octanol–water partition coefficient (Wildman–Crippen LogP) is 6.63. The van der Waals surface area contributed by atoms with Gasteiger partial charge >= 0.3 is 0 Å². The molecule has 3 aromatic rings. The summed E-state index contributed by atoms with van der Waals surface area (Å²) < 4.78 is 5.47. The van der Waals surface area contributed by atoms with Crippen LogP contribution in [0.1, 0.15) is 38.3 Å². The van der Waals surface area contributed by atoms with Crippen molar-refractivity contribution in [3.63, 3.8) is 0 Å². The maximum atomic E-state index is 13.9. The molecule has 37 heavy (non-hydrogen) atoms. The molecule has 4 rings (SSSR count). The van der Waals surface area contributed by atoms with Crippen molar-refractivity contribution in [3.05, 3.63) is 87.9 Å². The number of anilines is 2. The van der Waals surface area contributed by atoms with Crippen LogP contribution >= 0.6 is 23.2 Å². The maximum Gasteiger partial charge on any atom is 0.252 e. The number of carbonyl (C=O) groups excluding carboxylic acids is 2. The molecular weight excluding hydrogens is 509 g/mol. The van der Waals surface area contributed by atoms with E-state index in [4.69, 9.17) is 32.9 Å². The number of aliphatic imine (C=N–C) groups is 1. The number of rotatable bonds is 8. The average Bonchev–Trinajstić information content (AvgIpc) is 3.00. The highest BCUT2D eigenvalue weighted by Crippen LogP contribution is 2.34. The fourth-order valence-corrected chi connectivity index (χ4v) is 4.64. The van der Waals surface area contributed by atoms with E-state index in [1.54, 1.807) is 48.5 Å². The lowest BCUT2D eigenvalue weighted by atomic mass is 9.97. The molecule has 1 heterocycles. The van der Waals surface area contributed by atoms with Crippen LogP contribution in [0.4, 0.5) is 11.4 Å². The van der Waals surface area contributed by atoms with Crippen molar-refractivity contribution < 1.29 is 14.3 Å². The molecule has 0 radical (unpaired) electrons. The summed E-state index contributed by atoms with van der Waals surface area (Å²) in [5.74, 6) is 0.0745. The molecule has 0 saturated carbocycles. The summed E-state index contributed by atoms with van der Waals surface area (Å²) in [5.41, 5.74) is 3.10. The molecule has 0 bridgehead atoms. The first-order chi connectivity index (χ1) is 17.8. The van der Waals surface area contributed by atoms with Crippen LogP contribution in [0.15, 0.2) is 71.7 Å². The second kappa shape index (κ2) is 11.8. The fourth-order valence-electron chi connectivity index (χ4n) is 4.25. The van der Waals surface area contributed by atoms with Crippen molar-refractivity contribution in [2.75, 3.05) is 23.4 Å². The Balaban J connectivity index is 1.74. The van der Waals surface area contributed by atoms with E-state index in [0.29, 0.717) is 44.9 Å². The molecule has 6 nitrogen and oxygen atoms in total. The molecule has 0 saturated heterocycles. The smallest absolute Gasteiger partial charge is 0.252 e. The standard InChI is InChI=1S/C29H29Cl2N3O3/c1-4-18(3)27-29(36)34(17-26(35)32-20-11-13-21(14-12-20)37-5-2)25-15-10-19(30)16-23(25)28(33-27)22-8-6-7-9-24(22)31/h6-16,18,27H,4-5,17H2,1-3H3,(H,32,35)/t18-,27+/m1/s1. The Hall–Kier alpha value is -3.35. The Morgan fingerprint density at radius 2 is 1.78 bits per heavy atom. The Bertz CT molecular complexity index is 1320. The number of ether oxygens (including phenoxy) is 1. The lowest BCUT2D eigenvalue weighted by Gasteiger charge is -2.26. The third kappa shape index (κ3) is 5.97. The van der Waals surface area contributed by atoms with Crippen molar-refractivity contribution >= 4 is 52.1 Å². The summed E-state index contributed by atoms with van der Waals surface area (Å²) in [7, 11) is 0. The van der Waals surface area contributed by atoms with E-state index in [1.807, 2.05) is 39.0 Å². The second-order valence-corrected chi connectivity index (χ2v) is 9.72. The number of hydrogen-bond acceptors (Lipinski definition) is 4. The molecular formula is C29H29Cl2N3O3. The largest absolute Gasteiger partial charge is 0.494 e. The van der Waals surface area contributed by atoms with Crippen molar-refractivity contribution in [1.29, 1.82) is 0 Å². The van der Waals surface area contributed by atoms with E-state index in [2.05, 4.69) is 5.32 Å². The SMILES string of the molecule is CCOc1ccc(NC(=O)CN2C(=O)[C@H]([C@H](C)CC)N=C(c3ccccc3Cl)c3cc(Cl)ccc32)cc1. The van der Waals surface area contributed by atoms with Crippen LogP contribution in [0.25, 0.3) is 0 Å². The number of nitrogens with one attached hydrogen (secondary N) is 1. The van der Waals surface area contributed by atoms with Crippen molar-refractivity contribution in [1.82, 2.24) is 0 Å². The molecule has 8 heteroatoms. The summed E-state index contributed by atoms with van der Waals surface area (Å²) >= 11 is 13.0. The molecule has 0 fully saturated rings. The Kier molecular flexibility index (Phi) is 8.52. The fraction of sp³-hybridized carbons (Fsp3) is 0.276. The van der Waals surface area contributed by atoms with E-state index >= 15 is 0 Å². The summed E-state index contributed by atoms with van der Waals surface area (Å²) in [5, 5.41) is 3.89. The first kappa shape index (κ1) is 26.7. The summed E-state index contributed by atoms with van der Waals surface area (Å²) in [6, 6.07) is 19.0. The van der Waals surface area contributed by atoms with E-state index in [0.717, 1.165) is 12.2 Å². The minimum atomic E-state index is -0.694. The molecule has 1 N–H and O–H groups in total. The quantitative estimate of drug-likeness (QED) is 0.350. The van der Waals surface area contributed by atoms with Gasteiger partial charge in [-0.25, -0.2) is 0 Å². The minimum absolute atomic E-state index is 0.0635. The molecule has 1 aliphatic rings. The first-order valence-electron chi connectivity index (χ1n) is 12.3. The van der Waals surface area contributed by atoms with Gasteiger partial charge in [-0.2, -0.15) is 0 Å². The van der Waals surface area contributed by atoms with Crippen molar-refractivity contribution in [2.45, 2.75) is 33.2 Å². The zero-order valence-corrected chi connectivity index (χ0v) is 22.5. The van der Waals surface area contributed by atoms with E-state index in [1.165, 1.54) is 4.90 Å². The maximum absolute atomic E-state index is 13.9. The molecule has 192 valence electrons. The lowest BCUT2D eigenvalue weighted by molar-refractivity contribution is -0.123. The molecule has 0 aromatic heterocycles. The van der Waals surface area contributed by atoms with Crippen LogP contribution in [-0.4, -0.2) is 36.7 Å². The van der Waals surface area contributed by atoms with Gasteiger partial charge < -0.3 is 15.0 Å². The van der Waals surface area contributed by atoms with Crippen LogP contribution in [0, 0.1) is 5.92 Å². The minimum Gasteiger partial charge on any atom is -0.494 e. The lowest BCUT2D eigenvalue weighted by Crippen LogP contribution is -2.44. The van der Waals surface area contributed by atoms with Gasteiger partial charge in [-0.1, -0.05) is 61.7 Å². The van der Waals surface area contributed by atoms with Gasteiger partial charge in [-0.15, -0.1) is 0 Å². The van der Waals surface area contributed by atoms with E-state index in [9.17, 15) is 9.59 Å². The Morgan fingerprint density at radius 3 is 2.46 bits per heavy atom. The highest BCUT2D eigenvalue weighted by Gasteiger charge is 2.36. The summed E-state index contributed by atoms with van der Waals surface area (Å²) in [6.45, 7) is 6.28. The molecule has 0 spiro atoms. The molecule has 3 aromatic carbocycles. The van der Waals surface area contributed by atoms with Gasteiger partial charge in [0.15, 0.2) is 0 Å². The number of amides is 2. The van der Waals surface area contributed by atoms with Crippen LogP contribution in [0.3, 0.4) is 0 Å². The van der Waals surface area contributed by atoms with Gasteiger partial charge in [0.05, 0.1) is 18.0 Å². The monoisotopic (exact) mass is 537 g/mol. The van der Waals surface area contributed by atoms with Gasteiger partial charge in [-0.3, -0.25) is 14.6 Å². The van der Waals surface area contributed by atoms with Gasteiger partial charge in [0.25, 0.3) is 5.91 Å². The van der Waals surface area contributed by atoms with E-state index < -0.39 is 6.04 Å². The highest BCUT2D eigenvalue weighted by molar-refractivity contribution is 6.37. The number of carbonyl (C=O) groups is 2. The third-order valence-electron chi connectivity index (χ3n) is 6.35. The van der Waals surface area contributed by atoms with Gasteiger partial charge in [0.1, 0.15) is 18.3 Å². The predicted molar refractivity (Wildman–Crippen MR) is 150 cm³/mol. The summed E-state index contributed by atoms with van der Waals surface area (Å²) in [6.07, 6.45) is 0.735. The molecule has 0 unspecified atom stereocenters. The number of hydrogen-bond donors (Lipinski definition) is 1. The number of benzodiazepines with no additional fused rings is 1. The van der Waals surface area contributed by atoms with Crippen LogP contribution in [-0.2, 0) is 9.59 Å². The number of nitrogens with zero attached hydrogens (tertiary/aromatic N) is 2. The van der Waals surface area contributed by atoms with Crippen LogP contribution in [0.2, 0.25) is 10.0 Å². The highest BCUT2D eigenvalue weighted by atomic mass is 35.5. The van der Waals surface area contributed by atoms with Crippen molar-refractivity contribution in [3.8, 4) is 5.75 Å². The molecule has 1 aliphatic heterocycles. The Labute approximate surface area is 227 Å². The second-order valence-electron chi connectivity index (χ2n) is 8.88. The zero-order valence-electron chi connectivity index (χ0n) is 21.0. The third-order valence-corrected chi connectivity index (χ3v) is 6.92. The number of fused-ring (bicyclic) bond motifs is 1. The van der Waals surface area contributed by atoms with Gasteiger partial charge in [-0.05, 0) is 61.4 Å². The molecule has 2 amide bonds. The average molecular weight is 538 g/mol. The zero-order chi connectivity index (χ0) is 26.5.